The zero-order valence-electron chi connectivity index (χ0n) is 43.1. The van der Waals surface area contributed by atoms with Gasteiger partial charge in [0.25, 0.3) is 0 Å². The monoisotopic (exact) mass is 925 g/mol. The molecular formula is C53H96O12. The minimum absolute atomic E-state index is 0.145. The molecule has 0 aliphatic heterocycles. The van der Waals surface area contributed by atoms with Gasteiger partial charge in [0.2, 0.25) is 0 Å². The first kappa shape index (κ1) is 61.8. The van der Waals surface area contributed by atoms with Crippen molar-refractivity contribution in [1.29, 1.82) is 0 Å². The van der Waals surface area contributed by atoms with E-state index < -0.39 is 0 Å². The van der Waals surface area contributed by atoms with E-state index in [-0.39, 0.29) is 71.1 Å². The molecule has 0 rings (SSSR count). The van der Waals surface area contributed by atoms with Crippen LogP contribution >= 0.6 is 0 Å². The molecule has 0 radical (unpaired) electrons. The van der Waals surface area contributed by atoms with Crippen molar-refractivity contribution in [2.45, 2.75) is 280 Å². The lowest BCUT2D eigenvalue weighted by molar-refractivity contribution is -0.151. The zero-order chi connectivity index (χ0) is 48.9. The van der Waals surface area contributed by atoms with Crippen LogP contribution in [0, 0.1) is 10.8 Å². The normalized spacial score (nSPS) is 13.6. The Hall–Kier alpha value is -3.18. The maximum atomic E-state index is 12.6. The van der Waals surface area contributed by atoms with Crippen LogP contribution in [0.2, 0.25) is 0 Å². The topological polar surface area (TPSA) is 158 Å². The fraction of sp³-hybridized carbons (Fsp3) is 0.887. The van der Waals surface area contributed by atoms with Gasteiger partial charge in [0.15, 0.2) is 0 Å². The van der Waals surface area contributed by atoms with Gasteiger partial charge in [-0.25, -0.2) is 0 Å². The van der Waals surface area contributed by atoms with Crippen LogP contribution in [0.4, 0.5) is 0 Å². The van der Waals surface area contributed by atoms with E-state index >= 15 is 0 Å². The van der Waals surface area contributed by atoms with Crippen molar-refractivity contribution in [1.82, 2.24) is 0 Å². The lowest BCUT2D eigenvalue weighted by atomic mass is 9.76. The van der Waals surface area contributed by atoms with E-state index in [4.69, 9.17) is 28.4 Å². The number of rotatable bonds is 42. The van der Waals surface area contributed by atoms with Gasteiger partial charge in [-0.3, -0.25) is 28.8 Å². The minimum atomic E-state index is -0.292. The number of hydrogen-bond donors (Lipinski definition) is 0. The van der Waals surface area contributed by atoms with Crippen LogP contribution in [0.1, 0.15) is 255 Å². The highest BCUT2D eigenvalue weighted by atomic mass is 16.6. The molecule has 4 atom stereocenters. The Kier molecular flexibility index (Phi) is 36.0. The van der Waals surface area contributed by atoms with Gasteiger partial charge in [-0.2, -0.15) is 0 Å². The Morgan fingerprint density at radius 2 is 0.600 bits per heavy atom. The van der Waals surface area contributed by atoms with Crippen LogP contribution in [0.25, 0.3) is 0 Å². The summed E-state index contributed by atoms with van der Waals surface area (Å²) >= 11 is 0. The third kappa shape index (κ3) is 39.7. The second-order valence-corrected chi connectivity index (χ2v) is 20.2. The fourth-order valence-electron chi connectivity index (χ4n) is 8.77. The Bertz CT molecular complexity index is 1200. The summed E-state index contributed by atoms with van der Waals surface area (Å²) in [7, 11) is 0. The highest BCUT2D eigenvalue weighted by Gasteiger charge is 2.31. The van der Waals surface area contributed by atoms with Crippen LogP contribution in [-0.4, -0.2) is 73.4 Å². The fourth-order valence-corrected chi connectivity index (χ4v) is 8.77. The van der Waals surface area contributed by atoms with Gasteiger partial charge in [-0.05, 0) is 107 Å². The lowest BCUT2D eigenvalue weighted by Crippen LogP contribution is -2.32. The molecule has 4 unspecified atom stereocenters. The maximum absolute atomic E-state index is 12.6. The third-order valence-electron chi connectivity index (χ3n) is 11.7. The van der Waals surface area contributed by atoms with E-state index in [1.807, 2.05) is 0 Å². The van der Waals surface area contributed by atoms with Crippen LogP contribution in [0.5, 0.6) is 0 Å². The van der Waals surface area contributed by atoms with Crippen molar-refractivity contribution >= 4 is 35.8 Å². The summed E-state index contributed by atoms with van der Waals surface area (Å²) in [6.45, 7) is 19.0. The number of carbonyl (C=O) groups is 6. The van der Waals surface area contributed by atoms with Crippen LogP contribution in [0.15, 0.2) is 0 Å². The molecule has 65 heavy (non-hydrogen) atoms. The summed E-state index contributed by atoms with van der Waals surface area (Å²) in [6.07, 6.45) is 24.7. The van der Waals surface area contributed by atoms with Crippen molar-refractivity contribution < 1.29 is 57.2 Å². The van der Waals surface area contributed by atoms with Crippen LogP contribution < -0.4 is 0 Å². The lowest BCUT2D eigenvalue weighted by Gasteiger charge is -2.34. The Labute approximate surface area is 395 Å². The van der Waals surface area contributed by atoms with E-state index in [2.05, 4.69) is 41.5 Å². The SMILES string of the molecule is CCCCCCC(CCC(CCCCCCCC(=O)OCC(C)(C)CC(C)(C)COC(=O)CCCCCCCC(CCC(CCCCCC)OC(C)=O)OC(C)=O)OC(C)=O)OC(C)=O. The first-order chi connectivity index (χ1) is 30.8. The predicted octanol–water partition coefficient (Wildman–Crippen LogP) is 13.2. The van der Waals surface area contributed by atoms with Gasteiger partial charge >= 0.3 is 35.8 Å². The molecule has 0 aromatic rings. The molecule has 0 aliphatic rings. The van der Waals surface area contributed by atoms with Gasteiger partial charge in [-0.1, -0.05) is 119 Å². The summed E-state index contributed by atoms with van der Waals surface area (Å²) in [5.41, 5.74) is -0.575. The molecule has 0 fully saturated rings. The first-order valence-electron chi connectivity index (χ1n) is 25.8. The zero-order valence-corrected chi connectivity index (χ0v) is 43.1. The predicted molar refractivity (Wildman–Crippen MR) is 257 cm³/mol. The molecule has 0 aromatic heterocycles. The number of esters is 6. The molecular weight excluding hydrogens is 829 g/mol. The molecule has 0 amide bonds. The Morgan fingerprint density at radius 3 is 0.862 bits per heavy atom. The van der Waals surface area contributed by atoms with E-state index in [0.29, 0.717) is 51.7 Å². The average Bonchev–Trinajstić information content (AvgIpc) is 3.21. The maximum Gasteiger partial charge on any atom is 0.305 e. The van der Waals surface area contributed by atoms with Crippen LogP contribution in [-0.2, 0) is 57.2 Å². The molecule has 0 saturated carbocycles. The summed E-state index contributed by atoms with van der Waals surface area (Å²) in [5, 5.41) is 0. The van der Waals surface area contributed by atoms with Crippen molar-refractivity contribution in [3.05, 3.63) is 0 Å². The summed E-state index contributed by atoms with van der Waals surface area (Å²) in [5.74, 6) is -1.52. The third-order valence-corrected chi connectivity index (χ3v) is 11.7. The second-order valence-electron chi connectivity index (χ2n) is 20.2. The highest BCUT2D eigenvalue weighted by molar-refractivity contribution is 5.70. The summed E-state index contributed by atoms with van der Waals surface area (Å²) in [6, 6.07) is 0. The molecule has 0 N–H and O–H groups in total. The van der Waals surface area contributed by atoms with Gasteiger partial charge in [0, 0.05) is 40.5 Å². The average molecular weight is 925 g/mol. The highest BCUT2D eigenvalue weighted by Crippen LogP contribution is 2.34. The summed E-state index contributed by atoms with van der Waals surface area (Å²) in [4.78, 5) is 72.0. The van der Waals surface area contributed by atoms with E-state index in [1.165, 1.54) is 40.5 Å². The smallest absolute Gasteiger partial charge is 0.305 e. The van der Waals surface area contributed by atoms with Gasteiger partial charge in [0.1, 0.15) is 24.4 Å². The van der Waals surface area contributed by atoms with Crippen molar-refractivity contribution in [2.24, 2.45) is 10.8 Å². The first-order valence-corrected chi connectivity index (χ1v) is 25.8. The second kappa shape index (κ2) is 37.9. The van der Waals surface area contributed by atoms with Crippen LogP contribution in [0.3, 0.4) is 0 Å². The minimum Gasteiger partial charge on any atom is -0.465 e. The molecule has 0 saturated heterocycles. The van der Waals surface area contributed by atoms with Gasteiger partial charge < -0.3 is 28.4 Å². The quantitative estimate of drug-likeness (QED) is 0.0325. The number of carbonyl (C=O) groups excluding carboxylic acids is 6. The summed E-state index contributed by atoms with van der Waals surface area (Å²) < 4.78 is 33.7. The molecule has 0 aromatic carbocycles. The molecule has 0 aliphatic carbocycles. The molecule has 0 heterocycles. The Balaban J connectivity index is 4.39. The largest absolute Gasteiger partial charge is 0.465 e. The number of ether oxygens (including phenoxy) is 6. The molecule has 380 valence electrons. The molecule has 0 bridgehead atoms. The van der Waals surface area contributed by atoms with Gasteiger partial charge in [-0.15, -0.1) is 0 Å². The van der Waals surface area contributed by atoms with Crippen molar-refractivity contribution in [3.63, 3.8) is 0 Å². The van der Waals surface area contributed by atoms with Crippen molar-refractivity contribution in [2.75, 3.05) is 13.2 Å². The number of hydrogen-bond acceptors (Lipinski definition) is 12. The van der Waals surface area contributed by atoms with Gasteiger partial charge in [0.05, 0.1) is 13.2 Å². The standard InChI is InChI=1S/C53H96O12/c1-11-13-15-23-29-46(62-42(3)54)35-37-48(64-44(5)56)31-25-19-17-21-27-33-50(58)60-40-52(7,8)39-53(9,10)41-61-51(59)34-28-22-18-20-26-32-49(65-45(6)57)38-36-47(63-43(4)55)30-24-16-14-12-2/h46-49H,11-41H2,1-10H3. The molecule has 0 spiro atoms. The van der Waals surface area contributed by atoms with E-state index in [1.54, 1.807) is 0 Å². The Morgan fingerprint density at radius 1 is 0.354 bits per heavy atom. The van der Waals surface area contributed by atoms with Crippen molar-refractivity contribution in [3.8, 4) is 0 Å². The molecule has 12 heteroatoms. The number of unbranched alkanes of at least 4 members (excludes halogenated alkanes) is 14. The van der Waals surface area contributed by atoms with E-state index in [9.17, 15) is 28.8 Å². The van der Waals surface area contributed by atoms with E-state index in [0.717, 1.165) is 135 Å². The molecule has 12 nitrogen and oxygen atoms in total.